The van der Waals surface area contributed by atoms with Crippen molar-refractivity contribution in [2.24, 2.45) is 0 Å². The highest BCUT2D eigenvalue weighted by atomic mass is 16.1. The molecule has 0 atom stereocenters. The molecule has 0 saturated carbocycles. The van der Waals surface area contributed by atoms with Crippen LogP contribution >= 0.6 is 0 Å². The summed E-state index contributed by atoms with van der Waals surface area (Å²) in [7, 11) is 3.97. The van der Waals surface area contributed by atoms with Gasteiger partial charge in [0.15, 0.2) is 0 Å². The normalized spacial score (nSPS) is 10.6. The zero-order chi connectivity index (χ0) is 14.4. The molecule has 0 fully saturated rings. The van der Waals surface area contributed by atoms with Crippen molar-refractivity contribution in [1.82, 2.24) is 10.2 Å². The van der Waals surface area contributed by atoms with Gasteiger partial charge in [0.1, 0.15) is 0 Å². The van der Waals surface area contributed by atoms with E-state index >= 15 is 0 Å². The average molecular weight is 267 g/mol. The molecule has 2 aromatic rings. The topological polar surface area (TPSA) is 32.3 Å². The number of nitrogens with one attached hydrogen (secondary N) is 1. The molecule has 0 unspecified atom stereocenters. The van der Waals surface area contributed by atoms with Gasteiger partial charge in [0.05, 0.1) is 0 Å². The van der Waals surface area contributed by atoms with E-state index in [9.17, 15) is 4.79 Å². The Morgan fingerprint density at radius 2 is 2.00 bits per heavy atom. The fourth-order valence-corrected chi connectivity index (χ4v) is 1.91. The number of carbonyl (C=O) groups is 1. The van der Waals surface area contributed by atoms with Crippen molar-refractivity contribution in [3.63, 3.8) is 0 Å². The number of hydrogen-bond acceptors (Lipinski definition) is 2. The van der Waals surface area contributed by atoms with Gasteiger partial charge in [-0.05, 0) is 49.5 Å². The zero-order valence-corrected chi connectivity index (χ0v) is 11.9. The van der Waals surface area contributed by atoms with E-state index in [0.717, 1.165) is 17.7 Å². The minimum absolute atomic E-state index is 0.0337. The van der Waals surface area contributed by atoms with Crippen LogP contribution in [0.25, 0.3) is 11.1 Å². The Balaban J connectivity index is 2.08. The standard InChI is InChI=1S/C17H19N2O/c1-19(2)12-11-18-17(20)16-10-6-9-15(13-16)14-7-4-3-5-8-14/h3-4,6-10,13H,11-12H2,1-2H3,(H,18,20). The Labute approximate surface area is 120 Å². The summed E-state index contributed by atoms with van der Waals surface area (Å²) in [5.41, 5.74) is 2.78. The van der Waals surface area contributed by atoms with Gasteiger partial charge in [0.25, 0.3) is 5.91 Å². The van der Waals surface area contributed by atoms with Gasteiger partial charge in [-0.2, -0.15) is 0 Å². The van der Waals surface area contributed by atoms with Crippen molar-refractivity contribution in [3.8, 4) is 11.1 Å². The highest BCUT2D eigenvalue weighted by Gasteiger charge is 2.06. The molecule has 0 bridgehead atoms. The van der Waals surface area contributed by atoms with E-state index in [-0.39, 0.29) is 5.91 Å². The number of benzene rings is 2. The zero-order valence-electron chi connectivity index (χ0n) is 11.9. The number of amides is 1. The molecule has 3 heteroatoms. The third-order valence-electron chi connectivity index (χ3n) is 3.01. The minimum atomic E-state index is -0.0337. The number of carbonyl (C=O) groups excluding carboxylic acids is 1. The van der Waals surface area contributed by atoms with Crippen molar-refractivity contribution in [3.05, 3.63) is 60.2 Å². The quantitative estimate of drug-likeness (QED) is 0.902. The molecule has 2 rings (SSSR count). The molecule has 2 aromatic carbocycles. The van der Waals surface area contributed by atoms with Crippen molar-refractivity contribution in [2.45, 2.75) is 0 Å². The molecular weight excluding hydrogens is 248 g/mol. The number of hydrogen-bond donors (Lipinski definition) is 1. The molecule has 103 valence electrons. The Morgan fingerprint density at radius 3 is 2.70 bits per heavy atom. The van der Waals surface area contributed by atoms with E-state index in [1.165, 1.54) is 0 Å². The van der Waals surface area contributed by atoms with Gasteiger partial charge in [-0.15, -0.1) is 0 Å². The maximum atomic E-state index is 12.1. The number of likely N-dealkylation sites (N-methyl/N-ethyl adjacent to an activating group) is 1. The van der Waals surface area contributed by atoms with Crippen LogP contribution in [0.2, 0.25) is 0 Å². The monoisotopic (exact) mass is 267 g/mol. The summed E-state index contributed by atoms with van der Waals surface area (Å²) >= 11 is 0. The molecule has 1 radical (unpaired) electrons. The lowest BCUT2D eigenvalue weighted by Gasteiger charge is -2.11. The van der Waals surface area contributed by atoms with Gasteiger partial charge < -0.3 is 10.2 Å². The first-order valence-electron chi connectivity index (χ1n) is 6.66. The largest absolute Gasteiger partial charge is 0.351 e. The first kappa shape index (κ1) is 14.3. The predicted molar refractivity (Wildman–Crippen MR) is 81.6 cm³/mol. The summed E-state index contributed by atoms with van der Waals surface area (Å²) in [5.74, 6) is -0.0337. The lowest BCUT2D eigenvalue weighted by molar-refractivity contribution is 0.0951. The number of rotatable bonds is 5. The summed E-state index contributed by atoms with van der Waals surface area (Å²) in [4.78, 5) is 14.1. The van der Waals surface area contributed by atoms with Gasteiger partial charge >= 0.3 is 0 Å². The van der Waals surface area contributed by atoms with Gasteiger partial charge in [0.2, 0.25) is 0 Å². The Hall–Kier alpha value is -2.13. The molecule has 20 heavy (non-hydrogen) atoms. The second kappa shape index (κ2) is 6.87. The van der Waals surface area contributed by atoms with Crippen LogP contribution in [0.5, 0.6) is 0 Å². The Bertz CT molecular complexity index is 564. The molecule has 3 nitrogen and oxygen atoms in total. The summed E-state index contributed by atoms with van der Waals surface area (Å²) in [6.45, 7) is 1.48. The van der Waals surface area contributed by atoms with Crippen LogP contribution < -0.4 is 5.32 Å². The first-order chi connectivity index (χ1) is 9.66. The Kier molecular flexibility index (Phi) is 4.91. The SMILES string of the molecule is CN(C)CCNC(=O)c1cccc(-c2c[c]ccc2)c1. The van der Waals surface area contributed by atoms with Gasteiger partial charge in [0, 0.05) is 18.7 Å². The molecule has 0 aliphatic rings. The maximum Gasteiger partial charge on any atom is 0.251 e. The molecule has 0 spiro atoms. The molecule has 0 aliphatic heterocycles. The van der Waals surface area contributed by atoms with Gasteiger partial charge in [-0.1, -0.05) is 30.3 Å². The third kappa shape index (κ3) is 3.93. The number of nitrogens with zero attached hydrogens (tertiary/aromatic N) is 1. The van der Waals surface area contributed by atoms with Crippen molar-refractivity contribution >= 4 is 5.91 Å². The van der Waals surface area contributed by atoms with Crippen LogP contribution in [0.3, 0.4) is 0 Å². The van der Waals surface area contributed by atoms with Crippen molar-refractivity contribution in [1.29, 1.82) is 0 Å². The van der Waals surface area contributed by atoms with Crippen LogP contribution in [0, 0.1) is 6.07 Å². The second-order valence-electron chi connectivity index (χ2n) is 4.93. The average Bonchev–Trinajstić information content (AvgIpc) is 2.48. The van der Waals surface area contributed by atoms with Crippen molar-refractivity contribution < 1.29 is 4.79 Å². The fourth-order valence-electron chi connectivity index (χ4n) is 1.91. The van der Waals surface area contributed by atoms with Crippen LogP contribution in [-0.4, -0.2) is 38.0 Å². The van der Waals surface area contributed by atoms with Gasteiger partial charge in [-0.3, -0.25) is 4.79 Å². The van der Waals surface area contributed by atoms with E-state index in [0.29, 0.717) is 12.1 Å². The predicted octanol–water partition coefficient (Wildman–Crippen LogP) is 2.45. The Morgan fingerprint density at radius 1 is 1.20 bits per heavy atom. The van der Waals surface area contributed by atoms with E-state index < -0.39 is 0 Å². The molecule has 1 N–H and O–H groups in total. The minimum Gasteiger partial charge on any atom is -0.351 e. The lowest BCUT2D eigenvalue weighted by atomic mass is 10.0. The third-order valence-corrected chi connectivity index (χ3v) is 3.01. The van der Waals surface area contributed by atoms with E-state index in [2.05, 4.69) is 11.4 Å². The molecular formula is C17H19N2O. The second-order valence-corrected chi connectivity index (χ2v) is 4.93. The molecule has 0 aliphatic carbocycles. The van der Waals surface area contributed by atoms with E-state index in [1.807, 2.05) is 67.5 Å². The van der Waals surface area contributed by atoms with Crippen LogP contribution in [0.4, 0.5) is 0 Å². The smallest absolute Gasteiger partial charge is 0.251 e. The molecule has 1 amide bonds. The van der Waals surface area contributed by atoms with E-state index in [4.69, 9.17) is 0 Å². The summed E-state index contributed by atoms with van der Waals surface area (Å²) in [6.07, 6.45) is 0. The molecule has 0 aromatic heterocycles. The highest BCUT2D eigenvalue weighted by molar-refractivity contribution is 5.95. The van der Waals surface area contributed by atoms with E-state index in [1.54, 1.807) is 0 Å². The van der Waals surface area contributed by atoms with Crippen molar-refractivity contribution in [2.75, 3.05) is 27.2 Å². The fraction of sp³-hybridized carbons (Fsp3) is 0.235. The summed E-state index contributed by atoms with van der Waals surface area (Å²) in [6, 6.07) is 18.4. The molecule has 0 heterocycles. The lowest BCUT2D eigenvalue weighted by Crippen LogP contribution is -2.31. The van der Waals surface area contributed by atoms with Crippen LogP contribution in [-0.2, 0) is 0 Å². The highest BCUT2D eigenvalue weighted by Crippen LogP contribution is 2.19. The maximum absolute atomic E-state index is 12.1. The van der Waals surface area contributed by atoms with Gasteiger partial charge in [-0.25, -0.2) is 0 Å². The van der Waals surface area contributed by atoms with Crippen LogP contribution in [0.1, 0.15) is 10.4 Å². The summed E-state index contributed by atoms with van der Waals surface area (Å²) < 4.78 is 0. The summed E-state index contributed by atoms with van der Waals surface area (Å²) in [5, 5.41) is 2.92. The van der Waals surface area contributed by atoms with Crippen LogP contribution in [0.15, 0.2) is 48.5 Å². The first-order valence-corrected chi connectivity index (χ1v) is 6.66. The molecule has 0 saturated heterocycles.